The highest BCUT2D eigenvalue weighted by Crippen LogP contribution is 2.29. The summed E-state index contributed by atoms with van der Waals surface area (Å²) in [5, 5.41) is 13.5. The molecule has 0 aliphatic heterocycles. The van der Waals surface area contributed by atoms with Crippen LogP contribution in [0.25, 0.3) is 11.1 Å². The van der Waals surface area contributed by atoms with E-state index in [9.17, 15) is 23.1 Å². The molecule has 1 heterocycles. The van der Waals surface area contributed by atoms with Gasteiger partial charge in [-0.3, -0.25) is 4.79 Å². The van der Waals surface area contributed by atoms with Gasteiger partial charge in [0, 0.05) is 23.1 Å². The molecule has 0 saturated carbocycles. The first-order chi connectivity index (χ1) is 17.8. The lowest BCUT2D eigenvalue weighted by molar-refractivity contribution is 0.0650. The number of carboxylic acid groups (broad SMARTS) is 1. The van der Waals surface area contributed by atoms with Crippen molar-refractivity contribution in [2.75, 3.05) is 0 Å². The quantitative estimate of drug-likeness (QED) is 0.299. The molecule has 2 N–H and O–H groups in total. The van der Waals surface area contributed by atoms with E-state index in [-0.39, 0.29) is 16.2 Å². The summed E-state index contributed by atoms with van der Waals surface area (Å²) in [6.07, 6.45) is 2.75. The molecule has 0 radical (unpaired) electrons. The maximum atomic E-state index is 13.1. The van der Waals surface area contributed by atoms with Gasteiger partial charge in [-0.25, -0.2) is 17.9 Å². The summed E-state index contributed by atoms with van der Waals surface area (Å²) < 4.78 is 33.4. The number of aromatic carboxylic acids is 1. The van der Waals surface area contributed by atoms with E-state index in [2.05, 4.69) is 9.88 Å². The Morgan fingerprint density at radius 2 is 1.62 bits per heavy atom. The van der Waals surface area contributed by atoms with Crippen LogP contribution < -0.4 is 4.72 Å². The van der Waals surface area contributed by atoms with Crippen molar-refractivity contribution >= 4 is 21.9 Å². The molecule has 0 aliphatic carbocycles. The van der Waals surface area contributed by atoms with Crippen molar-refractivity contribution in [1.82, 2.24) is 9.88 Å². The molecule has 3 aromatic carbocycles. The number of nitrogens with zero attached hydrogens (tertiary/aromatic N) is 1. The number of aromatic nitrogens is 1. The number of carbonyl (C=O) groups is 2. The average molecular weight is 519 g/mol. The number of rotatable bonds is 10. The number of aryl methyl sites for hydroxylation is 1. The highest BCUT2D eigenvalue weighted by atomic mass is 32.2. The predicted molar refractivity (Wildman–Crippen MR) is 138 cm³/mol. The Morgan fingerprint density at radius 3 is 2.30 bits per heavy atom. The number of carbonyl (C=O) groups excluding carboxylic acids is 1. The number of sulfonamides is 1. The van der Waals surface area contributed by atoms with Crippen LogP contribution in [0.4, 0.5) is 0 Å². The first kappa shape index (κ1) is 25.8. The van der Waals surface area contributed by atoms with E-state index in [1.165, 1.54) is 18.2 Å². The Morgan fingerprint density at radius 1 is 0.946 bits per heavy atom. The lowest BCUT2D eigenvalue weighted by Gasteiger charge is -2.12. The van der Waals surface area contributed by atoms with Crippen molar-refractivity contribution in [3.05, 3.63) is 107 Å². The molecule has 0 bridgehead atoms. The third-order valence-corrected chi connectivity index (χ3v) is 7.31. The van der Waals surface area contributed by atoms with Crippen molar-refractivity contribution in [3.63, 3.8) is 0 Å². The summed E-state index contributed by atoms with van der Waals surface area (Å²) in [6.45, 7) is 2.04. The van der Waals surface area contributed by atoms with Crippen LogP contribution in [0, 0.1) is 0 Å². The van der Waals surface area contributed by atoms with E-state index in [1.54, 1.807) is 48.5 Å². The summed E-state index contributed by atoms with van der Waals surface area (Å²) in [4.78, 5) is 24.1. The second-order valence-corrected chi connectivity index (χ2v) is 10.2. The second-order valence-electron chi connectivity index (χ2n) is 8.52. The monoisotopic (exact) mass is 518 g/mol. The molecule has 190 valence electrons. The van der Waals surface area contributed by atoms with Gasteiger partial charge in [-0.2, -0.15) is 0 Å². The summed E-state index contributed by atoms with van der Waals surface area (Å²) in [5.41, 5.74) is 3.30. The number of hydrogen-bond acceptors (Lipinski definition) is 6. The SMILES string of the molecule is CCCCc1noc(C(=O)O)c1Cc1ccc(-c2ccccc2S(=O)(=O)NC(=O)c2ccccc2)cc1. The Hall–Kier alpha value is -4.24. The van der Waals surface area contributed by atoms with E-state index in [4.69, 9.17) is 4.52 Å². The molecule has 0 saturated heterocycles. The molecule has 8 nitrogen and oxygen atoms in total. The molecule has 0 unspecified atom stereocenters. The van der Waals surface area contributed by atoms with Gasteiger partial charge in [0.2, 0.25) is 5.76 Å². The third-order valence-electron chi connectivity index (χ3n) is 5.92. The summed E-state index contributed by atoms with van der Waals surface area (Å²) in [7, 11) is -4.15. The molecule has 0 fully saturated rings. The van der Waals surface area contributed by atoms with Crippen LogP contribution >= 0.6 is 0 Å². The maximum Gasteiger partial charge on any atom is 0.375 e. The van der Waals surface area contributed by atoms with Gasteiger partial charge < -0.3 is 9.63 Å². The molecule has 37 heavy (non-hydrogen) atoms. The normalized spacial score (nSPS) is 11.3. The number of carboxylic acids is 1. The van der Waals surface area contributed by atoms with Gasteiger partial charge in [-0.1, -0.05) is 79.2 Å². The smallest absolute Gasteiger partial charge is 0.375 e. The topological polar surface area (TPSA) is 127 Å². The van der Waals surface area contributed by atoms with Gasteiger partial charge in [-0.05, 0) is 42.2 Å². The largest absolute Gasteiger partial charge is 0.475 e. The van der Waals surface area contributed by atoms with E-state index < -0.39 is 21.9 Å². The van der Waals surface area contributed by atoms with Gasteiger partial charge in [0.05, 0.1) is 10.6 Å². The third kappa shape index (κ3) is 5.95. The van der Waals surface area contributed by atoms with Gasteiger partial charge >= 0.3 is 5.97 Å². The maximum absolute atomic E-state index is 13.1. The molecule has 4 aromatic rings. The van der Waals surface area contributed by atoms with Crippen molar-refractivity contribution < 1.29 is 27.6 Å². The first-order valence-electron chi connectivity index (χ1n) is 11.8. The first-order valence-corrected chi connectivity index (χ1v) is 13.3. The van der Waals surface area contributed by atoms with Crippen LogP contribution in [0.3, 0.4) is 0 Å². The van der Waals surface area contributed by atoms with Crippen molar-refractivity contribution in [1.29, 1.82) is 0 Å². The van der Waals surface area contributed by atoms with Gasteiger partial charge in [0.1, 0.15) is 0 Å². The zero-order chi connectivity index (χ0) is 26.4. The summed E-state index contributed by atoms with van der Waals surface area (Å²) in [5.74, 6) is -2.05. The fraction of sp³-hybridized carbons (Fsp3) is 0.179. The highest BCUT2D eigenvalue weighted by molar-refractivity contribution is 7.90. The minimum absolute atomic E-state index is 0.0268. The molecule has 0 aliphatic rings. The van der Waals surface area contributed by atoms with Crippen molar-refractivity contribution in [3.8, 4) is 11.1 Å². The standard InChI is InChI=1S/C28H26N2O6S/c1-2-3-12-24-23(26(28(32)33)36-29-24)18-19-14-16-20(17-15-19)22-11-7-8-13-25(22)37(34,35)30-27(31)21-9-5-4-6-10-21/h4-11,13-17H,2-3,12,18H2,1H3,(H,30,31)(H,32,33). The minimum Gasteiger partial charge on any atom is -0.475 e. The zero-order valence-corrected chi connectivity index (χ0v) is 21.0. The predicted octanol–water partition coefficient (Wildman–Crippen LogP) is 5.09. The lowest BCUT2D eigenvalue weighted by Crippen LogP contribution is -2.30. The second kappa shape index (κ2) is 11.2. The molecule has 1 aromatic heterocycles. The fourth-order valence-corrected chi connectivity index (χ4v) is 5.21. The number of hydrogen-bond donors (Lipinski definition) is 2. The molecule has 1 amide bonds. The Balaban J connectivity index is 1.60. The van der Waals surface area contributed by atoms with Crippen molar-refractivity contribution in [2.45, 2.75) is 37.5 Å². The van der Waals surface area contributed by atoms with E-state index in [0.717, 1.165) is 18.4 Å². The van der Waals surface area contributed by atoms with Crippen LogP contribution in [0.1, 0.15) is 57.5 Å². The number of nitrogens with one attached hydrogen (secondary N) is 1. The number of unbranched alkanes of at least 4 members (excludes halogenated alkanes) is 1. The van der Waals surface area contributed by atoms with Gasteiger partial charge in [0.25, 0.3) is 15.9 Å². The van der Waals surface area contributed by atoms with Gasteiger partial charge in [-0.15, -0.1) is 0 Å². The molecule has 4 rings (SSSR count). The number of benzene rings is 3. The Bertz CT molecular complexity index is 1510. The molecular weight excluding hydrogens is 492 g/mol. The molecule has 9 heteroatoms. The summed E-state index contributed by atoms with van der Waals surface area (Å²) in [6, 6.07) is 21.7. The minimum atomic E-state index is -4.15. The summed E-state index contributed by atoms with van der Waals surface area (Å²) >= 11 is 0. The van der Waals surface area contributed by atoms with Crippen LogP contribution in [-0.4, -0.2) is 30.6 Å². The lowest BCUT2D eigenvalue weighted by atomic mass is 9.98. The van der Waals surface area contributed by atoms with Crippen LogP contribution in [-0.2, 0) is 22.9 Å². The molecule has 0 atom stereocenters. The van der Waals surface area contributed by atoms with E-state index in [1.807, 2.05) is 19.1 Å². The van der Waals surface area contributed by atoms with E-state index in [0.29, 0.717) is 35.2 Å². The fourth-order valence-electron chi connectivity index (χ4n) is 4.00. The van der Waals surface area contributed by atoms with Gasteiger partial charge in [0.15, 0.2) is 0 Å². The van der Waals surface area contributed by atoms with Crippen LogP contribution in [0.2, 0.25) is 0 Å². The zero-order valence-electron chi connectivity index (χ0n) is 20.2. The van der Waals surface area contributed by atoms with Crippen LogP contribution in [0.5, 0.6) is 0 Å². The highest BCUT2D eigenvalue weighted by Gasteiger charge is 2.24. The van der Waals surface area contributed by atoms with E-state index >= 15 is 0 Å². The average Bonchev–Trinajstić information content (AvgIpc) is 3.30. The number of amides is 1. The Kier molecular flexibility index (Phi) is 7.83. The van der Waals surface area contributed by atoms with Crippen molar-refractivity contribution in [2.24, 2.45) is 0 Å². The molecular formula is C28H26N2O6S. The molecule has 0 spiro atoms. The van der Waals surface area contributed by atoms with Crippen LogP contribution in [0.15, 0.2) is 88.3 Å². The Labute approximate surface area is 215 Å².